The van der Waals surface area contributed by atoms with Gasteiger partial charge in [0.15, 0.2) is 5.92 Å². The highest BCUT2D eigenvalue weighted by molar-refractivity contribution is 7.07. The molecule has 1 aliphatic rings. The largest absolute Gasteiger partial charge is 0.352 e. The summed E-state index contributed by atoms with van der Waals surface area (Å²) in [6.45, 7) is 6.86. The summed E-state index contributed by atoms with van der Waals surface area (Å²) in [7, 11) is 1.65. The molecular weight excluding hydrogens is 529 g/mol. The van der Waals surface area contributed by atoms with E-state index in [9.17, 15) is 15.3 Å². The van der Waals surface area contributed by atoms with Crippen LogP contribution in [0.25, 0.3) is 0 Å². The van der Waals surface area contributed by atoms with Crippen molar-refractivity contribution >= 4 is 46.3 Å². The zero-order valence-corrected chi connectivity index (χ0v) is 23.6. The molecule has 0 aromatic carbocycles. The molecule has 3 rings (SSSR count). The van der Waals surface area contributed by atoms with Gasteiger partial charge >= 0.3 is 0 Å². The van der Waals surface area contributed by atoms with Crippen molar-refractivity contribution in [3.63, 3.8) is 0 Å². The molecule has 8 nitrogen and oxygen atoms in total. The molecule has 2 aromatic heterocycles. The van der Waals surface area contributed by atoms with Gasteiger partial charge in [0.25, 0.3) is 5.91 Å². The van der Waals surface area contributed by atoms with E-state index in [1.54, 1.807) is 31.4 Å². The number of thiophene rings is 1. The number of hydrogen-bond donors (Lipinski definition) is 1. The van der Waals surface area contributed by atoms with Crippen molar-refractivity contribution in [3.05, 3.63) is 49.9 Å². The van der Waals surface area contributed by atoms with Crippen LogP contribution in [0.5, 0.6) is 0 Å². The molecule has 1 fully saturated rings. The molecule has 1 amide bonds. The summed E-state index contributed by atoms with van der Waals surface area (Å²) in [5, 5.41) is 26.5. The number of likely N-dealkylation sites (tertiary alicyclic amines) is 1. The summed E-state index contributed by atoms with van der Waals surface area (Å²) in [5.74, 6) is -0.606. The molecule has 1 saturated heterocycles. The van der Waals surface area contributed by atoms with E-state index >= 15 is 0 Å². The van der Waals surface area contributed by atoms with Crippen LogP contribution < -0.4 is 5.32 Å². The van der Waals surface area contributed by atoms with Crippen molar-refractivity contribution in [3.8, 4) is 12.1 Å². The molecule has 37 heavy (non-hydrogen) atoms. The summed E-state index contributed by atoms with van der Waals surface area (Å²) < 4.78 is 0. The van der Waals surface area contributed by atoms with E-state index in [-0.39, 0.29) is 28.3 Å². The van der Waals surface area contributed by atoms with Crippen LogP contribution in [-0.2, 0) is 6.54 Å². The number of aliphatic imine (C=N–C) groups is 1. The average Bonchev–Trinajstić information content (AvgIpc) is 3.39. The molecular formula is C26H31Cl2N7OS. The van der Waals surface area contributed by atoms with E-state index in [0.29, 0.717) is 30.1 Å². The lowest BCUT2D eigenvalue weighted by atomic mass is 9.98. The number of aromatic nitrogens is 1. The van der Waals surface area contributed by atoms with E-state index < -0.39 is 5.92 Å². The van der Waals surface area contributed by atoms with Gasteiger partial charge in [0, 0.05) is 45.3 Å². The second kappa shape index (κ2) is 13.7. The fourth-order valence-corrected chi connectivity index (χ4v) is 5.99. The van der Waals surface area contributed by atoms with Gasteiger partial charge in [-0.15, -0.1) is 0 Å². The van der Waals surface area contributed by atoms with E-state index in [0.717, 1.165) is 37.9 Å². The monoisotopic (exact) mass is 559 g/mol. The molecule has 0 radical (unpaired) electrons. The van der Waals surface area contributed by atoms with Crippen LogP contribution in [0.1, 0.15) is 47.7 Å². The fraction of sp³-hybridized carbons (Fsp3) is 0.500. The van der Waals surface area contributed by atoms with Crippen molar-refractivity contribution < 1.29 is 4.79 Å². The lowest BCUT2D eigenvalue weighted by molar-refractivity contribution is 0.0935. The second-order valence-electron chi connectivity index (χ2n) is 9.12. The highest BCUT2D eigenvalue weighted by atomic mass is 35.5. The van der Waals surface area contributed by atoms with Gasteiger partial charge in [0.2, 0.25) is 0 Å². The number of nitrogens with one attached hydrogen (secondary N) is 1. The maximum atomic E-state index is 12.6. The molecule has 0 saturated carbocycles. The minimum atomic E-state index is -0.891. The Kier molecular flexibility index (Phi) is 10.7. The summed E-state index contributed by atoms with van der Waals surface area (Å²) in [5.41, 5.74) is 2.19. The molecule has 0 aliphatic carbocycles. The van der Waals surface area contributed by atoms with Crippen LogP contribution in [0.2, 0.25) is 10.3 Å². The lowest BCUT2D eigenvalue weighted by Crippen LogP contribution is -2.50. The molecule has 1 aliphatic heterocycles. The van der Waals surface area contributed by atoms with Gasteiger partial charge in [-0.2, -0.15) is 21.9 Å². The number of amidine groups is 1. The molecule has 1 atom stereocenters. The van der Waals surface area contributed by atoms with Gasteiger partial charge in [-0.05, 0) is 67.1 Å². The standard InChI is InChI=1S/C26H31Cl2N7OS/c1-17-12-22(27)33-24(28)23(17)26(36)32-8-4-18(2)34-9-5-21(6-10-34)35(15-19-7-11-37-16-19)25(31-3)20(13-29)14-30/h7,11-12,16,18,20-21H,4-6,8-10,15H2,1-3H3,(H,32,36). The lowest BCUT2D eigenvalue weighted by Gasteiger charge is -2.42. The molecule has 1 N–H and O–H groups in total. The Morgan fingerprint density at radius 3 is 2.62 bits per heavy atom. The van der Waals surface area contributed by atoms with Gasteiger partial charge in [0.1, 0.15) is 16.1 Å². The number of nitriles is 2. The van der Waals surface area contributed by atoms with Gasteiger partial charge in [-0.25, -0.2) is 4.98 Å². The van der Waals surface area contributed by atoms with Crippen LogP contribution in [0.4, 0.5) is 0 Å². The highest BCUT2D eigenvalue weighted by Crippen LogP contribution is 2.25. The Labute approximate surface area is 232 Å². The molecule has 3 heterocycles. The van der Waals surface area contributed by atoms with Crippen molar-refractivity contribution in [2.45, 2.75) is 51.7 Å². The molecule has 0 bridgehead atoms. The molecule has 11 heteroatoms. The van der Waals surface area contributed by atoms with Crippen molar-refractivity contribution in [2.24, 2.45) is 10.9 Å². The molecule has 2 aromatic rings. The third-order valence-corrected chi connectivity index (χ3v) is 7.95. The van der Waals surface area contributed by atoms with Crippen LogP contribution in [-0.4, -0.2) is 65.3 Å². The van der Waals surface area contributed by atoms with Gasteiger partial charge < -0.3 is 15.1 Å². The number of halogens is 2. The number of hydrogen-bond acceptors (Lipinski definition) is 7. The number of nitrogens with zero attached hydrogens (tertiary/aromatic N) is 6. The number of amides is 1. The average molecular weight is 561 g/mol. The number of piperidine rings is 1. The van der Waals surface area contributed by atoms with Crippen LogP contribution in [0.3, 0.4) is 0 Å². The summed E-state index contributed by atoms with van der Waals surface area (Å²) in [6, 6.07) is 8.33. The Hall–Kier alpha value is -2.69. The molecule has 0 spiro atoms. The van der Waals surface area contributed by atoms with Crippen molar-refractivity contribution in [2.75, 3.05) is 26.7 Å². The third kappa shape index (κ3) is 7.43. The van der Waals surface area contributed by atoms with E-state index in [2.05, 4.69) is 55.6 Å². The Balaban J connectivity index is 1.56. The van der Waals surface area contributed by atoms with E-state index in [4.69, 9.17) is 23.2 Å². The number of pyridine rings is 1. The minimum absolute atomic E-state index is 0.106. The van der Waals surface area contributed by atoms with Crippen LogP contribution in [0, 0.1) is 35.5 Å². The first-order valence-electron chi connectivity index (χ1n) is 12.2. The quantitative estimate of drug-likeness (QED) is 0.265. The van der Waals surface area contributed by atoms with Crippen LogP contribution >= 0.6 is 34.5 Å². The van der Waals surface area contributed by atoms with Gasteiger partial charge in [0.05, 0.1) is 17.7 Å². The molecule has 1 unspecified atom stereocenters. The fourth-order valence-electron chi connectivity index (χ4n) is 4.72. The number of rotatable bonds is 9. The van der Waals surface area contributed by atoms with Gasteiger partial charge in [-0.1, -0.05) is 23.2 Å². The summed E-state index contributed by atoms with van der Waals surface area (Å²) >= 11 is 13.7. The Morgan fingerprint density at radius 1 is 1.35 bits per heavy atom. The summed E-state index contributed by atoms with van der Waals surface area (Å²) in [6.07, 6.45) is 2.59. The number of carbonyl (C=O) groups is 1. The molecule has 196 valence electrons. The Morgan fingerprint density at radius 2 is 2.05 bits per heavy atom. The summed E-state index contributed by atoms with van der Waals surface area (Å²) in [4.78, 5) is 25.5. The normalized spacial score (nSPS) is 15.7. The zero-order chi connectivity index (χ0) is 26.9. The minimum Gasteiger partial charge on any atom is -0.352 e. The third-order valence-electron chi connectivity index (χ3n) is 6.75. The topological polar surface area (TPSA) is 108 Å². The highest BCUT2D eigenvalue weighted by Gasteiger charge is 2.31. The Bertz CT molecular complexity index is 1140. The number of aryl methyl sites for hydroxylation is 1. The van der Waals surface area contributed by atoms with Gasteiger partial charge in [-0.3, -0.25) is 9.79 Å². The SMILES string of the molecule is CN=C(C(C#N)C#N)N(Cc1ccsc1)C1CCN(C(C)CCNC(=O)c2c(C)cc(Cl)nc2Cl)CC1. The first kappa shape index (κ1) is 28.9. The first-order chi connectivity index (χ1) is 17.8. The first-order valence-corrected chi connectivity index (χ1v) is 13.9. The maximum absolute atomic E-state index is 12.6. The van der Waals surface area contributed by atoms with Crippen molar-refractivity contribution in [1.82, 2.24) is 20.1 Å². The number of carbonyl (C=O) groups excluding carboxylic acids is 1. The van der Waals surface area contributed by atoms with E-state index in [1.807, 2.05) is 5.38 Å². The predicted octanol–water partition coefficient (Wildman–Crippen LogP) is 4.92. The van der Waals surface area contributed by atoms with E-state index in [1.165, 1.54) is 0 Å². The second-order valence-corrected chi connectivity index (χ2v) is 10.6. The maximum Gasteiger partial charge on any atom is 0.254 e. The zero-order valence-electron chi connectivity index (χ0n) is 21.2. The predicted molar refractivity (Wildman–Crippen MR) is 148 cm³/mol. The van der Waals surface area contributed by atoms with Crippen molar-refractivity contribution in [1.29, 1.82) is 10.5 Å². The van der Waals surface area contributed by atoms with Crippen LogP contribution in [0.15, 0.2) is 27.9 Å². The smallest absolute Gasteiger partial charge is 0.254 e.